The fraction of sp³-hybridized carbons (Fsp3) is 0.462. The first-order chi connectivity index (χ1) is 15.2. The Morgan fingerprint density at radius 1 is 0.969 bits per heavy atom. The zero-order chi connectivity index (χ0) is 23.2. The summed E-state index contributed by atoms with van der Waals surface area (Å²) in [5.74, 6) is -0.415. The topological polar surface area (TPSA) is 65.1 Å². The third-order valence-electron chi connectivity index (χ3n) is 5.43. The Balaban J connectivity index is 1.82. The van der Waals surface area contributed by atoms with Gasteiger partial charge in [-0.2, -0.15) is 0 Å². The van der Waals surface area contributed by atoms with Crippen LogP contribution in [-0.2, 0) is 32.2 Å². The molecule has 1 aliphatic rings. The van der Waals surface area contributed by atoms with Crippen LogP contribution in [0.4, 0.5) is 4.79 Å². The minimum absolute atomic E-state index is 0.152. The fourth-order valence-electron chi connectivity index (χ4n) is 3.84. The van der Waals surface area contributed by atoms with Crippen molar-refractivity contribution in [2.24, 2.45) is 0 Å². The van der Waals surface area contributed by atoms with Gasteiger partial charge in [0.15, 0.2) is 0 Å². The first kappa shape index (κ1) is 23.8. The van der Waals surface area contributed by atoms with Gasteiger partial charge in [-0.25, -0.2) is 9.59 Å². The molecule has 0 N–H and O–H groups in total. The molecule has 1 amide bonds. The molecule has 1 fully saturated rings. The molecule has 0 aliphatic heterocycles. The summed E-state index contributed by atoms with van der Waals surface area (Å²) in [5.41, 5.74) is 0.176. The lowest BCUT2D eigenvalue weighted by molar-refractivity contribution is -0.179. The Kier molecular flexibility index (Phi) is 7.56. The van der Waals surface area contributed by atoms with E-state index in [1.165, 1.54) is 4.90 Å². The Labute approximate surface area is 190 Å². The lowest BCUT2D eigenvalue weighted by Crippen LogP contribution is -2.66. The number of ether oxygens (including phenoxy) is 3. The number of benzene rings is 2. The average molecular weight is 440 g/mol. The van der Waals surface area contributed by atoms with Crippen LogP contribution < -0.4 is 0 Å². The lowest BCUT2D eigenvalue weighted by atomic mass is 9.72. The van der Waals surface area contributed by atoms with E-state index >= 15 is 0 Å². The standard InChI is InChI=1S/C26H33NO5/c1-5-30-23(28)26(16-22(17-26)31-19-21-14-10-7-11-15-21)27(24(29)32-25(2,3)4)18-20-12-8-6-9-13-20/h6-15,22H,5,16-19H2,1-4H3. The van der Waals surface area contributed by atoms with Crippen molar-refractivity contribution in [1.82, 2.24) is 4.90 Å². The van der Waals surface area contributed by atoms with Gasteiger partial charge in [0.05, 0.1) is 25.9 Å². The quantitative estimate of drug-likeness (QED) is 0.535. The summed E-state index contributed by atoms with van der Waals surface area (Å²) in [7, 11) is 0. The van der Waals surface area contributed by atoms with Gasteiger partial charge in [-0.15, -0.1) is 0 Å². The highest BCUT2D eigenvalue weighted by atomic mass is 16.6. The Bertz CT molecular complexity index is 885. The highest BCUT2D eigenvalue weighted by Gasteiger charge is 2.58. The van der Waals surface area contributed by atoms with Crippen LogP contribution in [0.3, 0.4) is 0 Å². The Morgan fingerprint density at radius 2 is 1.53 bits per heavy atom. The first-order valence-corrected chi connectivity index (χ1v) is 11.1. The highest BCUT2D eigenvalue weighted by Crippen LogP contribution is 2.43. The Morgan fingerprint density at radius 3 is 2.06 bits per heavy atom. The van der Waals surface area contributed by atoms with E-state index in [-0.39, 0.29) is 19.3 Å². The van der Waals surface area contributed by atoms with Gasteiger partial charge in [-0.1, -0.05) is 60.7 Å². The summed E-state index contributed by atoms with van der Waals surface area (Å²) in [6.45, 7) is 8.15. The molecular formula is C26H33NO5. The number of carbonyl (C=O) groups is 2. The molecule has 2 aromatic rings. The molecule has 0 bridgehead atoms. The monoisotopic (exact) mass is 439 g/mol. The maximum Gasteiger partial charge on any atom is 0.411 e. The van der Waals surface area contributed by atoms with Crippen molar-refractivity contribution in [3.05, 3.63) is 71.8 Å². The van der Waals surface area contributed by atoms with E-state index < -0.39 is 23.2 Å². The van der Waals surface area contributed by atoms with Crippen molar-refractivity contribution in [3.8, 4) is 0 Å². The van der Waals surface area contributed by atoms with Crippen LogP contribution in [0.1, 0.15) is 51.7 Å². The highest BCUT2D eigenvalue weighted by molar-refractivity contribution is 5.87. The molecule has 1 aliphatic carbocycles. The summed E-state index contributed by atoms with van der Waals surface area (Å²) in [5, 5.41) is 0. The zero-order valence-electron chi connectivity index (χ0n) is 19.4. The number of esters is 1. The fourth-order valence-corrected chi connectivity index (χ4v) is 3.84. The van der Waals surface area contributed by atoms with Crippen LogP contribution >= 0.6 is 0 Å². The SMILES string of the molecule is CCOC(=O)C1(N(Cc2ccccc2)C(=O)OC(C)(C)C)CC(OCc2ccccc2)C1. The summed E-state index contributed by atoms with van der Waals surface area (Å²) in [6, 6.07) is 19.5. The van der Waals surface area contributed by atoms with Crippen molar-refractivity contribution in [3.63, 3.8) is 0 Å². The van der Waals surface area contributed by atoms with E-state index in [1.807, 2.05) is 81.4 Å². The van der Waals surface area contributed by atoms with E-state index in [2.05, 4.69) is 0 Å². The van der Waals surface area contributed by atoms with Crippen LogP contribution in [-0.4, -0.2) is 40.8 Å². The first-order valence-electron chi connectivity index (χ1n) is 11.1. The van der Waals surface area contributed by atoms with E-state index in [1.54, 1.807) is 6.92 Å². The molecule has 0 unspecified atom stereocenters. The Hall–Kier alpha value is -2.86. The molecule has 2 aromatic carbocycles. The molecule has 1 saturated carbocycles. The summed E-state index contributed by atoms with van der Waals surface area (Å²) in [4.78, 5) is 27.9. The number of nitrogens with zero attached hydrogens (tertiary/aromatic N) is 1. The average Bonchev–Trinajstić information content (AvgIpc) is 2.72. The minimum atomic E-state index is -1.12. The van der Waals surface area contributed by atoms with Crippen LogP contribution in [0, 0.1) is 0 Å². The molecule has 0 atom stereocenters. The molecule has 6 heteroatoms. The van der Waals surface area contributed by atoms with E-state index in [0.717, 1.165) is 11.1 Å². The molecule has 0 spiro atoms. The van der Waals surface area contributed by atoms with Crippen molar-refractivity contribution >= 4 is 12.1 Å². The number of carbonyl (C=O) groups excluding carboxylic acids is 2. The summed E-state index contributed by atoms with van der Waals surface area (Å²) >= 11 is 0. The number of rotatable bonds is 8. The van der Waals surface area contributed by atoms with Gasteiger partial charge < -0.3 is 14.2 Å². The maximum absolute atomic E-state index is 13.3. The van der Waals surface area contributed by atoms with Crippen molar-refractivity contribution in [2.75, 3.05) is 6.61 Å². The van der Waals surface area contributed by atoms with Crippen LogP contribution in [0.25, 0.3) is 0 Å². The molecule has 32 heavy (non-hydrogen) atoms. The molecule has 0 aromatic heterocycles. The van der Waals surface area contributed by atoms with Crippen LogP contribution in [0.5, 0.6) is 0 Å². The molecular weight excluding hydrogens is 406 g/mol. The number of hydrogen-bond donors (Lipinski definition) is 0. The van der Waals surface area contributed by atoms with Gasteiger partial charge in [-0.05, 0) is 38.8 Å². The molecule has 0 saturated heterocycles. The smallest absolute Gasteiger partial charge is 0.411 e. The summed E-state index contributed by atoms with van der Waals surface area (Å²) in [6.07, 6.45) is 0.0476. The van der Waals surface area contributed by atoms with Crippen LogP contribution in [0.15, 0.2) is 60.7 Å². The molecule has 172 valence electrons. The number of amides is 1. The molecule has 3 rings (SSSR count). The number of hydrogen-bond acceptors (Lipinski definition) is 5. The second-order valence-corrected chi connectivity index (χ2v) is 9.13. The van der Waals surface area contributed by atoms with E-state index in [4.69, 9.17) is 14.2 Å². The predicted molar refractivity (Wildman–Crippen MR) is 122 cm³/mol. The van der Waals surface area contributed by atoms with E-state index in [0.29, 0.717) is 19.4 Å². The van der Waals surface area contributed by atoms with Crippen molar-refractivity contribution in [2.45, 2.75) is 70.9 Å². The van der Waals surface area contributed by atoms with Crippen molar-refractivity contribution in [1.29, 1.82) is 0 Å². The van der Waals surface area contributed by atoms with Gasteiger partial charge in [0.2, 0.25) is 0 Å². The minimum Gasteiger partial charge on any atom is -0.464 e. The van der Waals surface area contributed by atoms with Gasteiger partial charge in [0, 0.05) is 12.8 Å². The molecule has 0 radical (unpaired) electrons. The van der Waals surface area contributed by atoms with Gasteiger partial charge >= 0.3 is 12.1 Å². The van der Waals surface area contributed by atoms with Gasteiger partial charge in [0.1, 0.15) is 11.1 Å². The third-order valence-corrected chi connectivity index (χ3v) is 5.43. The normalized spacial score (nSPS) is 20.2. The largest absolute Gasteiger partial charge is 0.464 e. The lowest BCUT2D eigenvalue weighted by Gasteiger charge is -2.51. The molecule has 6 nitrogen and oxygen atoms in total. The summed E-state index contributed by atoms with van der Waals surface area (Å²) < 4.78 is 17.1. The second kappa shape index (κ2) is 10.2. The van der Waals surface area contributed by atoms with Crippen LogP contribution in [0.2, 0.25) is 0 Å². The zero-order valence-corrected chi connectivity index (χ0v) is 19.4. The van der Waals surface area contributed by atoms with Gasteiger partial charge in [0.25, 0.3) is 0 Å². The third kappa shape index (κ3) is 5.88. The van der Waals surface area contributed by atoms with E-state index in [9.17, 15) is 9.59 Å². The molecule has 0 heterocycles. The predicted octanol–water partition coefficient (Wildman–Crippen LogP) is 5.10. The van der Waals surface area contributed by atoms with Gasteiger partial charge in [-0.3, -0.25) is 4.90 Å². The second-order valence-electron chi connectivity index (χ2n) is 9.13. The van der Waals surface area contributed by atoms with Crippen molar-refractivity contribution < 1.29 is 23.8 Å². The maximum atomic E-state index is 13.3.